The highest BCUT2D eigenvalue weighted by atomic mass is 16.3. The Morgan fingerprint density at radius 3 is 2.37 bits per heavy atom. The summed E-state index contributed by atoms with van der Waals surface area (Å²) in [5.74, 6) is 0.575. The Kier molecular flexibility index (Phi) is 4.53. The normalized spacial score (nSPS) is 35.0. The Hall–Kier alpha value is -1.88. The zero-order chi connectivity index (χ0) is 19.2. The second kappa shape index (κ2) is 6.62. The van der Waals surface area contributed by atoms with Gasteiger partial charge in [-0.1, -0.05) is 30.3 Å². The minimum Gasteiger partial charge on any atom is -0.390 e. The van der Waals surface area contributed by atoms with Crippen LogP contribution in [0.15, 0.2) is 30.3 Å². The van der Waals surface area contributed by atoms with Gasteiger partial charge in [0.1, 0.15) is 0 Å². The number of nitrogens with two attached hydrogens (primary N) is 1. The summed E-state index contributed by atoms with van der Waals surface area (Å²) < 4.78 is 0. The van der Waals surface area contributed by atoms with Gasteiger partial charge in [-0.05, 0) is 68.3 Å². The van der Waals surface area contributed by atoms with Crippen LogP contribution in [0, 0.1) is 17.3 Å². The van der Waals surface area contributed by atoms with Gasteiger partial charge in [0.05, 0.1) is 18.2 Å². The number of amides is 2. The van der Waals surface area contributed by atoms with Crippen LogP contribution in [0.3, 0.4) is 0 Å². The molecule has 0 spiro atoms. The summed E-state index contributed by atoms with van der Waals surface area (Å²) >= 11 is 0. The molecule has 0 heterocycles. The van der Waals surface area contributed by atoms with Gasteiger partial charge in [-0.15, -0.1) is 0 Å². The van der Waals surface area contributed by atoms with E-state index in [-0.39, 0.29) is 23.9 Å². The molecule has 5 nitrogen and oxygen atoms in total. The summed E-state index contributed by atoms with van der Waals surface area (Å²) in [6, 6.07) is 9.55. The van der Waals surface area contributed by atoms with E-state index in [0.29, 0.717) is 18.3 Å². The van der Waals surface area contributed by atoms with E-state index in [1.165, 1.54) is 6.42 Å². The van der Waals surface area contributed by atoms with E-state index in [4.69, 9.17) is 5.73 Å². The van der Waals surface area contributed by atoms with Crippen LogP contribution in [0.2, 0.25) is 0 Å². The van der Waals surface area contributed by atoms with Gasteiger partial charge in [0.25, 0.3) is 0 Å². The highest BCUT2D eigenvalue weighted by molar-refractivity contribution is 5.84. The minimum atomic E-state index is -0.579. The average molecular weight is 370 g/mol. The third-order valence-corrected chi connectivity index (χ3v) is 7.07. The van der Waals surface area contributed by atoms with Crippen LogP contribution in [0.4, 0.5) is 0 Å². The number of rotatable bonds is 6. The summed E-state index contributed by atoms with van der Waals surface area (Å²) in [5, 5.41) is 11.0. The van der Waals surface area contributed by atoms with E-state index in [1.807, 2.05) is 37.3 Å². The van der Waals surface area contributed by atoms with E-state index >= 15 is 0 Å². The third kappa shape index (κ3) is 3.62. The molecule has 3 N–H and O–H groups in total. The molecular weight excluding hydrogens is 340 g/mol. The van der Waals surface area contributed by atoms with Crippen molar-refractivity contribution in [1.82, 2.24) is 4.90 Å². The Morgan fingerprint density at radius 2 is 1.81 bits per heavy atom. The minimum absolute atomic E-state index is 0.0179. The van der Waals surface area contributed by atoms with Crippen LogP contribution in [0.5, 0.6) is 0 Å². The van der Waals surface area contributed by atoms with Crippen molar-refractivity contribution in [2.45, 2.75) is 63.5 Å². The van der Waals surface area contributed by atoms with Crippen molar-refractivity contribution >= 4 is 11.8 Å². The summed E-state index contributed by atoms with van der Waals surface area (Å²) in [6.07, 6.45) is 6.18. The maximum atomic E-state index is 13.3. The summed E-state index contributed by atoms with van der Waals surface area (Å²) in [4.78, 5) is 26.6. The molecule has 3 atom stereocenters. The average Bonchev–Trinajstić information content (AvgIpc) is 2.57. The topological polar surface area (TPSA) is 83.6 Å². The fourth-order valence-corrected chi connectivity index (χ4v) is 6.55. The van der Waals surface area contributed by atoms with Crippen molar-refractivity contribution < 1.29 is 14.7 Å². The lowest BCUT2D eigenvalue weighted by atomic mass is 9.47. The molecule has 4 aliphatic carbocycles. The van der Waals surface area contributed by atoms with E-state index in [9.17, 15) is 14.7 Å². The maximum absolute atomic E-state index is 13.3. The molecule has 0 saturated heterocycles. The molecule has 0 aliphatic heterocycles. The number of carbonyl (C=O) groups excluding carboxylic acids is 2. The molecule has 146 valence electrons. The zero-order valence-corrected chi connectivity index (χ0v) is 16.1. The first-order valence-corrected chi connectivity index (χ1v) is 10.1. The molecule has 4 bridgehead atoms. The molecule has 1 aromatic carbocycles. The number of primary amides is 1. The van der Waals surface area contributed by atoms with E-state index in [1.54, 1.807) is 4.90 Å². The van der Waals surface area contributed by atoms with E-state index in [2.05, 4.69) is 0 Å². The molecule has 2 amide bonds. The highest BCUT2D eigenvalue weighted by Crippen LogP contribution is 2.63. The highest BCUT2D eigenvalue weighted by Gasteiger charge is 2.57. The van der Waals surface area contributed by atoms with Crippen LogP contribution in [0.25, 0.3) is 0 Å². The molecule has 27 heavy (non-hydrogen) atoms. The van der Waals surface area contributed by atoms with Crippen molar-refractivity contribution in [2.24, 2.45) is 23.0 Å². The molecule has 0 radical (unpaired) electrons. The fraction of sp³-hybridized carbons (Fsp3) is 0.636. The summed E-state index contributed by atoms with van der Waals surface area (Å²) in [7, 11) is 0. The summed E-state index contributed by atoms with van der Waals surface area (Å²) in [6.45, 7) is 1.88. The molecule has 4 aliphatic rings. The lowest BCUT2D eigenvalue weighted by Crippen LogP contribution is -2.57. The molecule has 0 aromatic heterocycles. The largest absolute Gasteiger partial charge is 0.390 e. The molecule has 4 fully saturated rings. The Balaban J connectivity index is 1.54. The number of aliphatic hydroxyl groups is 1. The van der Waals surface area contributed by atoms with E-state index < -0.39 is 11.5 Å². The maximum Gasteiger partial charge on any atom is 0.237 e. The van der Waals surface area contributed by atoms with Gasteiger partial charge in [0.2, 0.25) is 11.8 Å². The number of nitrogens with zero attached hydrogens (tertiary/aromatic N) is 1. The fourth-order valence-electron chi connectivity index (χ4n) is 6.55. The summed E-state index contributed by atoms with van der Waals surface area (Å²) in [5.41, 5.74) is 5.76. The third-order valence-electron chi connectivity index (χ3n) is 7.07. The van der Waals surface area contributed by atoms with Crippen molar-refractivity contribution in [1.29, 1.82) is 0 Å². The van der Waals surface area contributed by atoms with Gasteiger partial charge >= 0.3 is 0 Å². The van der Waals surface area contributed by atoms with Crippen LogP contribution >= 0.6 is 0 Å². The number of benzene rings is 1. The Labute approximate surface area is 160 Å². The smallest absolute Gasteiger partial charge is 0.237 e. The van der Waals surface area contributed by atoms with Gasteiger partial charge in [0.15, 0.2) is 0 Å². The van der Waals surface area contributed by atoms with Crippen LogP contribution in [0.1, 0.15) is 63.5 Å². The molecule has 2 unspecified atom stereocenters. The first kappa shape index (κ1) is 18.5. The predicted octanol–water partition coefficient (Wildman–Crippen LogP) is 2.78. The number of hydrogen-bond donors (Lipinski definition) is 2. The SMILES string of the molecule is C[C@H](c1ccccc1)N(CC(N)=O)C(=O)CC12CC3CC(CC(O)(C3)C1)C2. The second-order valence-corrected chi connectivity index (χ2v) is 9.44. The predicted molar refractivity (Wildman–Crippen MR) is 102 cm³/mol. The molecule has 1 aromatic rings. The second-order valence-electron chi connectivity index (χ2n) is 9.44. The van der Waals surface area contributed by atoms with Crippen molar-refractivity contribution in [3.8, 4) is 0 Å². The van der Waals surface area contributed by atoms with E-state index in [0.717, 1.165) is 37.7 Å². The van der Waals surface area contributed by atoms with Crippen LogP contribution in [-0.4, -0.2) is 34.0 Å². The standard InChI is InChI=1S/C22H30N2O3/c1-15(18-5-3-2-4-6-18)24(13-19(23)25)20(26)12-21-8-16-7-17(9-21)11-22(27,10-16)14-21/h2-6,15-17,27H,7-14H2,1H3,(H2,23,25)/t15-,16?,17?,21?,22?/m1/s1. The van der Waals surface area contributed by atoms with Crippen LogP contribution < -0.4 is 5.73 Å². The first-order valence-electron chi connectivity index (χ1n) is 10.1. The van der Waals surface area contributed by atoms with Gasteiger partial charge in [0, 0.05) is 6.42 Å². The Morgan fingerprint density at radius 1 is 1.19 bits per heavy atom. The lowest BCUT2D eigenvalue weighted by molar-refractivity contribution is -0.173. The van der Waals surface area contributed by atoms with Crippen molar-refractivity contribution in [2.75, 3.05) is 6.54 Å². The van der Waals surface area contributed by atoms with Gasteiger partial charge in [-0.2, -0.15) is 0 Å². The molecule has 5 rings (SSSR count). The van der Waals surface area contributed by atoms with Crippen molar-refractivity contribution in [3.05, 3.63) is 35.9 Å². The first-order chi connectivity index (χ1) is 12.8. The quantitative estimate of drug-likeness (QED) is 0.808. The monoisotopic (exact) mass is 370 g/mol. The van der Waals surface area contributed by atoms with Gasteiger partial charge in [-0.3, -0.25) is 9.59 Å². The van der Waals surface area contributed by atoms with Crippen LogP contribution in [-0.2, 0) is 9.59 Å². The molecular formula is C22H30N2O3. The lowest BCUT2D eigenvalue weighted by Gasteiger charge is -2.60. The number of hydrogen-bond acceptors (Lipinski definition) is 3. The van der Waals surface area contributed by atoms with Crippen molar-refractivity contribution in [3.63, 3.8) is 0 Å². The number of carbonyl (C=O) groups is 2. The molecule has 5 heteroatoms. The Bertz CT molecular complexity index is 718. The van der Waals surface area contributed by atoms with Gasteiger partial charge < -0.3 is 15.7 Å². The van der Waals surface area contributed by atoms with Gasteiger partial charge in [-0.25, -0.2) is 0 Å². The zero-order valence-electron chi connectivity index (χ0n) is 16.1. The molecule has 4 saturated carbocycles.